The van der Waals surface area contributed by atoms with Gasteiger partial charge in [-0.15, -0.1) is 5.10 Å². The van der Waals surface area contributed by atoms with Gasteiger partial charge in [-0.2, -0.15) is 0 Å². The number of nitrogens with zero attached hydrogens (tertiary/aromatic N) is 4. The molecule has 0 unspecified atom stereocenters. The third-order valence-electron chi connectivity index (χ3n) is 2.36. The molecule has 1 aromatic heterocycles. The molecule has 18 heavy (non-hydrogen) atoms. The molecule has 1 heterocycles. The summed E-state index contributed by atoms with van der Waals surface area (Å²) in [7, 11) is -1.13. The van der Waals surface area contributed by atoms with E-state index in [9.17, 15) is 4.21 Å². The highest BCUT2D eigenvalue weighted by molar-refractivity contribution is 9.10. The van der Waals surface area contributed by atoms with Gasteiger partial charge in [0.05, 0.1) is 16.6 Å². The normalized spacial score (nSPS) is 12.6. The van der Waals surface area contributed by atoms with Crippen LogP contribution >= 0.6 is 15.9 Å². The van der Waals surface area contributed by atoms with Crippen LogP contribution in [0.3, 0.4) is 0 Å². The van der Waals surface area contributed by atoms with E-state index in [2.05, 4.69) is 38.4 Å². The van der Waals surface area contributed by atoms with Crippen LogP contribution in [0.15, 0.2) is 33.6 Å². The minimum absolute atomic E-state index is 0.337. The van der Waals surface area contributed by atoms with E-state index in [4.69, 9.17) is 0 Å². The second-order valence-electron chi connectivity index (χ2n) is 3.77. The van der Waals surface area contributed by atoms with Crippen molar-refractivity contribution in [3.05, 3.63) is 34.6 Å². The summed E-state index contributed by atoms with van der Waals surface area (Å²) in [5, 5.41) is 11.4. The number of benzene rings is 1. The lowest BCUT2D eigenvalue weighted by Crippen LogP contribution is -2.08. The Morgan fingerprint density at radius 1 is 1.44 bits per heavy atom. The van der Waals surface area contributed by atoms with Crippen LogP contribution in [0.5, 0.6) is 0 Å². The van der Waals surface area contributed by atoms with Crippen molar-refractivity contribution in [1.82, 2.24) is 20.2 Å². The van der Waals surface area contributed by atoms with Crippen LogP contribution in [0.1, 0.15) is 19.2 Å². The Kier molecular flexibility index (Phi) is 4.60. The van der Waals surface area contributed by atoms with Gasteiger partial charge in [0.15, 0.2) is 5.82 Å². The van der Waals surface area contributed by atoms with Gasteiger partial charge >= 0.3 is 0 Å². The van der Waals surface area contributed by atoms with Crippen LogP contribution in [0.25, 0.3) is 0 Å². The molecule has 0 saturated heterocycles. The third kappa shape index (κ3) is 3.23. The molecule has 0 aliphatic heterocycles. The van der Waals surface area contributed by atoms with E-state index in [0.717, 1.165) is 22.3 Å². The maximum atomic E-state index is 12.2. The molecule has 2 rings (SSSR count). The highest BCUT2D eigenvalue weighted by Gasteiger charge is 2.11. The van der Waals surface area contributed by atoms with E-state index in [1.54, 1.807) is 4.68 Å². The van der Waals surface area contributed by atoms with Gasteiger partial charge in [0, 0.05) is 15.9 Å². The number of aryl methyl sites for hydroxylation is 1. The van der Waals surface area contributed by atoms with Crippen molar-refractivity contribution in [3.8, 4) is 0 Å². The summed E-state index contributed by atoms with van der Waals surface area (Å²) in [6, 6.07) is 7.47. The number of hydrogen-bond acceptors (Lipinski definition) is 4. The summed E-state index contributed by atoms with van der Waals surface area (Å²) in [5.74, 6) is 0.999. The monoisotopic (exact) mass is 328 g/mol. The van der Waals surface area contributed by atoms with Gasteiger partial charge in [0.2, 0.25) is 0 Å². The van der Waals surface area contributed by atoms with Gasteiger partial charge in [-0.1, -0.05) is 28.9 Å². The number of halogens is 1. The van der Waals surface area contributed by atoms with E-state index in [1.165, 1.54) is 0 Å². The van der Waals surface area contributed by atoms with Gasteiger partial charge < -0.3 is 0 Å². The van der Waals surface area contributed by atoms with Crippen LogP contribution < -0.4 is 0 Å². The summed E-state index contributed by atoms with van der Waals surface area (Å²) in [6.07, 6.45) is 0.946. The fourth-order valence-corrected chi connectivity index (χ4v) is 3.17. The van der Waals surface area contributed by atoms with Crippen LogP contribution in [0, 0.1) is 0 Å². The second-order valence-corrected chi connectivity index (χ2v) is 6.13. The Bertz CT molecular complexity index is 557. The molecule has 0 radical (unpaired) electrons. The summed E-state index contributed by atoms with van der Waals surface area (Å²) < 4.78 is 14.8. The molecule has 0 aliphatic carbocycles. The van der Waals surface area contributed by atoms with E-state index < -0.39 is 10.8 Å². The zero-order chi connectivity index (χ0) is 13.0. The first-order valence-electron chi connectivity index (χ1n) is 5.59. The minimum atomic E-state index is -1.13. The maximum Gasteiger partial charge on any atom is 0.164 e. The molecule has 0 aliphatic rings. The first kappa shape index (κ1) is 13.4. The topological polar surface area (TPSA) is 60.7 Å². The molecule has 0 spiro atoms. The summed E-state index contributed by atoms with van der Waals surface area (Å²) in [6.45, 7) is 2.80. The van der Waals surface area contributed by atoms with E-state index in [-0.39, 0.29) is 0 Å². The van der Waals surface area contributed by atoms with Crippen molar-refractivity contribution in [3.63, 3.8) is 0 Å². The molecule has 0 fully saturated rings. The van der Waals surface area contributed by atoms with E-state index >= 15 is 0 Å². The molecule has 1 aromatic carbocycles. The molecule has 5 nitrogen and oxygen atoms in total. The standard InChI is InChI=1S/C11H13BrN4OS/c1-2-6-16-11(13-14-15-16)8-18(17)10-5-3-4-9(12)7-10/h3-5,7H,2,6,8H2,1H3/t18-/m1/s1. The summed E-state index contributed by atoms with van der Waals surface area (Å²) in [4.78, 5) is 0.774. The van der Waals surface area contributed by atoms with Gasteiger partial charge in [-0.3, -0.25) is 4.21 Å². The molecule has 7 heteroatoms. The molecular formula is C11H13BrN4OS. The molecule has 96 valence electrons. The Balaban J connectivity index is 2.14. The quantitative estimate of drug-likeness (QED) is 0.843. The highest BCUT2D eigenvalue weighted by atomic mass is 79.9. The van der Waals surface area contributed by atoms with Crippen LogP contribution in [-0.4, -0.2) is 24.4 Å². The lowest BCUT2D eigenvalue weighted by atomic mass is 10.4. The minimum Gasteiger partial charge on any atom is -0.254 e. The van der Waals surface area contributed by atoms with Crippen molar-refractivity contribution >= 4 is 26.7 Å². The zero-order valence-electron chi connectivity index (χ0n) is 9.91. The van der Waals surface area contributed by atoms with Crippen LogP contribution in [0.2, 0.25) is 0 Å². The predicted octanol–water partition coefficient (Wildman–Crippen LogP) is 2.15. The third-order valence-corrected chi connectivity index (χ3v) is 4.15. The van der Waals surface area contributed by atoms with Crippen molar-refractivity contribution in [2.45, 2.75) is 30.5 Å². The fraction of sp³-hybridized carbons (Fsp3) is 0.364. The number of aromatic nitrogens is 4. The smallest absolute Gasteiger partial charge is 0.164 e. The lowest BCUT2D eigenvalue weighted by molar-refractivity contribution is 0.562. The molecule has 0 amide bonds. The number of hydrogen-bond donors (Lipinski definition) is 0. The number of tetrazole rings is 1. The van der Waals surface area contributed by atoms with Gasteiger partial charge in [-0.25, -0.2) is 4.68 Å². The Hall–Kier alpha value is -1.08. The first-order valence-corrected chi connectivity index (χ1v) is 7.71. The molecule has 2 aromatic rings. The van der Waals surface area contributed by atoms with Crippen molar-refractivity contribution < 1.29 is 4.21 Å². The Morgan fingerprint density at radius 3 is 3.00 bits per heavy atom. The van der Waals surface area contributed by atoms with E-state index in [1.807, 2.05) is 24.3 Å². The van der Waals surface area contributed by atoms with Crippen molar-refractivity contribution in [2.24, 2.45) is 0 Å². The maximum absolute atomic E-state index is 12.2. The molecule has 0 saturated carbocycles. The summed E-state index contributed by atoms with van der Waals surface area (Å²) in [5.41, 5.74) is 0. The fourth-order valence-electron chi connectivity index (χ4n) is 1.52. The molecular weight excluding hydrogens is 316 g/mol. The lowest BCUT2D eigenvalue weighted by Gasteiger charge is -2.03. The summed E-state index contributed by atoms with van der Waals surface area (Å²) >= 11 is 3.37. The van der Waals surface area contributed by atoms with Crippen molar-refractivity contribution in [2.75, 3.05) is 0 Å². The Labute approximate surface area is 116 Å². The van der Waals surface area contributed by atoms with Gasteiger partial charge in [0.25, 0.3) is 0 Å². The Morgan fingerprint density at radius 2 is 2.28 bits per heavy atom. The average Bonchev–Trinajstić information content (AvgIpc) is 2.77. The first-order chi connectivity index (χ1) is 8.70. The SMILES string of the molecule is CCCn1nnnc1C[S@@](=O)c1cccc(Br)c1. The average molecular weight is 329 g/mol. The molecule has 0 N–H and O–H groups in total. The van der Waals surface area contributed by atoms with E-state index in [0.29, 0.717) is 11.6 Å². The highest BCUT2D eigenvalue weighted by Crippen LogP contribution is 2.16. The largest absolute Gasteiger partial charge is 0.254 e. The molecule has 0 bridgehead atoms. The van der Waals surface area contributed by atoms with Crippen molar-refractivity contribution in [1.29, 1.82) is 0 Å². The van der Waals surface area contributed by atoms with Crippen LogP contribution in [-0.2, 0) is 23.1 Å². The van der Waals surface area contributed by atoms with Gasteiger partial charge in [0.1, 0.15) is 0 Å². The second kappa shape index (κ2) is 6.19. The number of rotatable bonds is 5. The molecule has 1 atom stereocenters. The predicted molar refractivity (Wildman–Crippen MR) is 72.4 cm³/mol. The zero-order valence-corrected chi connectivity index (χ0v) is 12.3. The van der Waals surface area contributed by atoms with Crippen LogP contribution in [0.4, 0.5) is 0 Å². The van der Waals surface area contributed by atoms with Gasteiger partial charge in [-0.05, 0) is 35.0 Å².